The van der Waals surface area contributed by atoms with Gasteiger partial charge in [-0.15, -0.1) is 0 Å². The summed E-state index contributed by atoms with van der Waals surface area (Å²) < 4.78 is 11.6. The van der Waals surface area contributed by atoms with Crippen LogP contribution in [0.3, 0.4) is 0 Å². The first kappa shape index (κ1) is 16.7. The molecule has 0 atom stereocenters. The molecule has 1 aliphatic heterocycles. The standard InChI is InChI=1S/C19H24N2O3/c1-14(2)24-13-15-7-8-17(19-16(15)5-3-9-20-19)23-12-11-21-10-4-6-18(21)22/h3,5,7-9,14H,4,6,10-13H2,1-2H3. The molecule has 1 aliphatic rings. The van der Waals surface area contributed by atoms with Gasteiger partial charge in [-0.3, -0.25) is 9.78 Å². The number of hydrogen-bond donors (Lipinski definition) is 0. The molecule has 1 aromatic carbocycles. The highest BCUT2D eigenvalue weighted by molar-refractivity contribution is 5.87. The third-order valence-corrected chi connectivity index (χ3v) is 4.19. The molecule has 1 amide bonds. The van der Waals surface area contributed by atoms with E-state index in [-0.39, 0.29) is 12.0 Å². The van der Waals surface area contributed by atoms with Gasteiger partial charge in [0.2, 0.25) is 5.91 Å². The van der Waals surface area contributed by atoms with Crippen LogP contribution < -0.4 is 4.74 Å². The summed E-state index contributed by atoms with van der Waals surface area (Å²) in [7, 11) is 0. The van der Waals surface area contributed by atoms with Crippen LogP contribution in [0.5, 0.6) is 5.75 Å². The molecule has 0 aliphatic carbocycles. The third-order valence-electron chi connectivity index (χ3n) is 4.19. The summed E-state index contributed by atoms with van der Waals surface area (Å²) in [6.07, 6.45) is 3.57. The lowest BCUT2D eigenvalue weighted by Gasteiger charge is -2.17. The Kier molecular flexibility index (Phi) is 5.30. The minimum Gasteiger partial charge on any atom is -0.489 e. The molecule has 0 spiro atoms. The number of carbonyl (C=O) groups is 1. The fourth-order valence-electron chi connectivity index (χ4n) is 2.91. The molecular weight excluding hydrogens is 304 g/mol. The molecule has 0 N–H and O–H groups in total. The van der Waals surface area contributed by atoms with Crippen molar-refractivity contribution in [2.45, 2.75) is 39.4 Å². The normalized spacial score (nSPS) is 14.8. The summed E-state index contributed by atoms with van der Waals surface area (Å²) in [6.45, 7) is 6.56. The Morgan fingerprint density at radius 2 is 2.17 bits per heavy atom. The zero-order valence-corrected chi connectivity index (χ0v) is 14.3. The largest absolute Gasteiger partial charge is 0.489 e. The summed E-state index contributed by atoms with van der Waals surface area (Å²) in [5.74, 6) is 0.980. The van der Waals surface area contributed by atoms with E-state index in [1.165, 1.54) is 0 Å². The maximum atomic E-state index is 11.6. The number of hydrogen-bond acceptors (Lipinski definition) is 4. The van der Waals surface area contributed by atoms with Crippen LogP contribution in [0.2, 0.25) is 0 Å². The minimum absolute atomic E-state index is 0.186. The van der Waals surface area contributed by atoms with Gasteiger partial charge in [0.1, 0.15) is 17.9 Å². The van der Waals surface area contributed by atoms with Gasteiger partial charge in [-0.05, 0) is 38.0 Å². The molecule has 0 unspecified atom stereocenters. The highest BCUT2D eigenvalue weighted by atomic mass is 16.5. The van der Waals surface area contributed by atoms with Crippen molar-refractivity contribution in [2.75, 3.05) is 19.7 Å². The predicted octanol–water partition coefficient (Wildman–Crippen LogP) is 3.16. The number of amides is 1. The molecule has 1 saturated heterocycles. The molecule has 2 heterocycles. The minimum atomic E-state index is 0.186. The number of aromatic nitrogens is 1. The number of fused-ring (bicyclic) bond motifs is 1. The van der Waals surface area contributed by atoms with Gasteiger partial charge >= 0.3 is 0 Å². The first-order chi connectivity index (χ1) is 11.6. The predicted molar refractivity (Wildman–Crippen MR) is 93.0 cm³/mol. The van der Waals surface area contributed by atoms with Crippen molar-refractivity contribution in [3.05, 3.63) is 36.0 Å². The van der Waals surface area contributed by atoms with E-state index in [1.54, 1.807) is 6.20 Å². The zero-order valence-electron chi connectivity index (χ0n) is 14.3. The fourth-order valence-corrected chi connectivity index (χ4v) is 2.91. The van der Waals surface area contributed by atoms with Crippen molar-refractivity contribution < 1.29 is 14.3 Å². The number of carbonyl (C=O) groups excluding carboxylic acids is 1. The molecule has 24 heavy (non-hydrogen) atoms. The van der Waals surface area contributed by atoms with E-state index >= 15 is 0 Å². The lowest BCUT2D eigenvalue weighted by atomic mass is 10.1. The van der Waals surface area contributed by atoms with Crippen LogP contribution in [0.4, 0.5) is 0 Å². The number of benzene rings is 1. The number of likely N-dealkylation sites (tertiary alicyclic amines) is 1. The van der Waals surface area contributed by atoms with Crippen LogP contribution in [0.1, 0.15) is 32.3 Å². The van der Waals surface area contributed by atoms with Crippen molar-refractivity contribution in [3.63, 3.8) is 0 Å². The van der Waals surface area contributed by atoms with E-state index in [4.69, 9.17) is 9.47 Å². The summed E-state index contributed by atoms with van der Waals surface area (Å²) in [6, 6.07) is 7.94. The smallest absolute Gasteiger partial charge is 0.222 e. The number of nitrogens with zero attached hydrogens (tertiary/aromatic N) is 2. The lowest BCUT2D eigenvalue weighted by Crippen LogP contribution is -2.29. The maximum Gasteiger partial charge on any atom is 0.222 e. The van der Waals surface area contributed by atoms with Gasteiger partial charge in [0.25, 0.3) is 0 Å². The molecule has 2 aromatic rings. The van der Waals surface area contributed by atoms with Crippen molar-refractivity contribution in [1.82, 2.24) is 9.88 Å². The van der Waals surface area contributed by atoms with Gasteiger partial charge in [0.15, 0.2) is 0 Å². The summed E-state index contributed by atoms with van der Waals surface area (Å²) in [4.78, 5) is 18.0. The molecule has 1 aromatic heterocycles. The average Bonchev–Trinajstić information content (AvgIpc) is 2.99. The maximum absolute atomic E-state index is 11.6. The molecule has 0 bridgehead atoms. The topological polar surface area (TPSA) is 51.7 Å². The van der Waals surface area contributed by atoms with E-state index in [9.17, 15) is 4.79 Å². The summed E-state index contributed by atoms with van der Waals surface area (Å²) in [5, 5.41) is 1.05. The van der Waals surface area contributed by atoms with Crippen molar-refractivity contribution in [1.29, 1.82) is 0 Å². The first-order valence-corrected chi connectivity index (χ1v) is 8.54. The molecule has 1 fully saturated rings. The Balaban J connectivity index is 1.71. The Hall–Kier alpha value is -2.14. The average molecular weight is 328 g/mol. The second-order valence-electron chi connectivity index (χ2n) is 6.31. The van der Waals surface area contributed by atoms with Gasteiger partial charge in [-0.1, -0.05) is 12.1 Å². The number of ether oxygens (including phenoxy) is 2. The van der Waals surface area contributed by atoms with E-state index in [1.807, 2.05) is 43.0 Å². The Morgan fingerprint density at radius 1 is 1.29 bits per heavy atom. The van der Waals surface area contributed by atoms with Gasteiger partial charge in [0, 0.05) is 24.5 Å². The second-order valence-corrected chi connectivity index (χ2v) is 6.31. The van der Waals surface area contributed by atoms with E-state index in [0.29, 0.717) is 26.2 Å². The SMILES string of the molecule is CC(C)OCc1ccc(OCCN2CCCC2=O)c2ncccc12. The summed E-state index contributed by atoms with van der Waals surface area (Å²) in [5.41, 5.74) is 1.95. The zero-order chi connectivity index (χ0) is 16.9. The van der Waals surface area contributed by atoms with Gasteiger partial charge in [0.05, 0.1) is 19.3 Å². The Morgan fingerprint density at radius 3 is 2.92 bits per heavy atom. The number of rotatable bonds is 7. The highest BCUT2D eigenvalue weighted by Crippen LogP contribution is 2.27. The molecule has 0 radical (unpaired) electrons. The highest BCUT2D eigenvalue weighted by Gasteiger charge is 2.19. The summed E-state index contributed by atoms with van der Waals surface area (Å²) >= 11 is 0. The second kappa shape index (κ2) is 7.62. The van der Waals surface area contributed by atoms with Crippen LogP contribution in [-0.2, 0) is 16.1 Å². The third kappa shape index (κ3) is 3.85. The Labute approximate surface area is 142 Å². The van der Waals surface area contributed by atoms with E-state index in [0.717, 1.165) is 35.2 Å². The van der Waals surface area contributed by atoms with E-state index in [2.05, 4.69) is 4.98 Å². The van der Waals surface area contributed by atoms with Crippen LogP contribution >= 0.6 is 0 Å². The molecule has 0 saturated carbocycles. The molecule has 128 valence electrons. The Bertz CT molecular complexity index is 715. The van der Waals surface area contributed by atoms with Crippen LogP contribution in [0.25, 0.3) is 10.9 Å². The van der Waals surface area contributed by atoms with Gasteiger partial charge in [-0.2, -0.15) is 0 Å². The molecular formula is C19H24N2O3. The quantitative estimate of drug-likeness (QED) is 0.783. The van der Waals surface area contributed by atoms with Crippen LogP contribution in [0, 0.1) is 0 Å². The van der Waals surface area contributed by atoms with Gasteiger partial charge in [-0.25, -0.2) is 0 Å². The molecule has 3 rings (SSSR count). The van der Waals surface area contributed by atoms with Crippen LogP contribution in [-0.4, -0.2) is 41.6 Å². The molecule has 5 nitrogen and oxygen atoms in total. The van der Waals surface area contributed by atoms with Gasteiger partial charge < -0.3 is 14.4 Å². The van der Waals surface area contributed by atoms with Crippen molar-refractivity contribution in [3.8, 4) is 5.75 Å². The van der Waals surface area contributed by atoms with Crippen LogP contribution in [0.15, 0.2) is 30.5 Å². The fraction of sp³-hybridized carbons (Fsp3) is 0.474. The monoisotopic (exact) mass is 328 g/mol. The lowest BCUT2D eigenvalue weighted by molar-refractivity contribution is -0.128. The van der Waals surface area contributed by atoms with Crippen molar-refractivity contribution in [2.24, 2.45) is 0 Å². The first-order valence-electron chi connectivity index (χ1n) is 8.54. The van der Waals surface area contributed by atoms with Crippen molar-refractivity contribution >= 4 is 16.8 Å². The van der Waals surface area contributed by atoms with E-state index < -0.39 is 0 Å². The molecule has 5 heteroatoms. The number of pyridine rings is 1.